The van der Waals surface area contributed by atoms with Crippen molar-refractivity contribution in [3.63, 3.8) is 0 Å². The van der Waals surface area contributed by atoms with E-state index in [1.807, 2.05) is 39.8 Å². The van der Waals surface area contributed by atoms with Gasteiger partial charge >= 0.3 is 0 Å². The maximum absolute atomic E-state index is 14.8. The number of rotatable bonds is 13. The van der Waals surface area contributed by atoms with Crippen LogP contribution in [0.25, 0.3) is 0 Å². The quantitative estimate of drug-likeness (QED) is 0.234. The molecule has 11 nitrogen and oxygen atoms in total. The number of Topliss-reactive ketones (excluding diaryl/α,β-unsaturated/α-hetero) is 2. The Hall–Kier alpha value is -2.86. The Kier molecular flexibility index (Phi) is 8.26. The van der Waals surface area contributed by atoms with Crippen LogP contribution in [0.3, 0.4) is 0 Å². The van der Waals surface area contributed by atoms with Crippen molar-refractivity contribution in [3.8, 4) is 0 Å². The summed E-state index contributed by atoms with van der Waals surface area (Å²) in [5, 5.41) is -0.567. The molecule has 12 heteroatoms. The Labute approximate surface area is 284 Å². The zero-order chi connectivity index (χ0) is 35.2. The van der Waals surface area contributed by atoms with Crippen molar-refractivity contribution in [1.82, 2.24) is 19.5 Å². The van der Waals surface area contributed by atoms with Gasteiger partial charge in [0.2, 0.25) is 27.7 Å². The van der Waals surface area contributed by atoms with Crippen molar-refractivity contribution in [2.75, 3.05) is 20.6 Å². The molecule has 2 heterocycles. The van der Waals surface area contributed by atoms with Crippen LogP contribution in [0.5, 0.6) is 0 Å². The monoisotopic (exact) mass is 684 g/mol. The number of allylic oxidation sites excluding steroid dienone is 1. The van der Waals surface area contributed by atoms with Gasteiger partial charge < -0.3 is 14.2 Å². The lowest BCUT2D eigenvalue weighted by Crippen LogP contribution is -2.48. The molecule has 0 unspecified atom stereocenters. The van der Waals surface area contributed by atoms with E-state index in [2.05, 4.69) is 30.1 Å². The van der Waals surface area contributed by atoms with Gasteiger partial charge in [0, 0.05) is 24.8 Å². The van der Waals surface area contributed by atoms with Gasteiger partial charge in [-0.15, -0.1) is 6.58 Å². The van der Waals surface area contributed by atoms with Gasteiger partial charge in [-0.05, 0) is 74.8 Å². The summed E-state index contributed by atoms with van der Waals surface area (Å²) in [5.41, 5.74) is -1.88. The molecule has 0 bridgehead atoms. The molecule has 2 spiro atoms. The lowest BCUT2D eigenvalue weighted by Gasteiger charge is -2.35. The maximum atomic E-state index is 14.8. The van der Waals surface area contributed by atoms with E-state index < -0.39 is 44.0 Å². The smallest absolute Gasteiger partial charge is 0.240 e. The number of fused-ring (bicyclic) bond motifs is 1. The van der Waals surface area contributed by atoms with Crippen LogP contribution in [0.15, 0.2) is 23.3 Å². The summed E-state index contributed by atoms with van der Waals surface area (Å²) in [6, 6.07) is -0.772. The Balaban J connectivity index is 1.28. The minimum absolute atomic E-state index is 0.0563. The molecule has 1 aromatic heterocycles. The van der Waals surface area contributed by atoms with Crippen molar-refractivity contribution in [3.05, 3.63) is 30.5 Å². The highest BCUT2D eigenvalue weighted by Crippen LogP contribution is 2.88. The van der Waals surface area contributed by atoms with E-state index >= 15 is 0 Å². The van der Waals surface area contributed by atoms with E-state index in [1.165, 1.54) is 6.26 Å². The molecular weight excluding hydrogens is 632 g/mol. The van der Waals surface area contributed by atoms with Gasteiger partial charge in [0.05, 0.1) is 29.2 Å². The van der Waals surface area contributed by atoms with E-state index in [-0.39, 0.29) is 58.2 Å². The van der Waals surface area contributed by atoms with Crippen molar-refractivity contribution < 1.29 is 32.0 Å². The maximum Gasteiger partial charge on any atom is 0.240 e. The molecule has 0 aromatic carbocycles. The number of nitrogens with one attached hydrogen (secondary N) is 1. The van der Waals surface area contributed by atoms with Crippen LogP contribution in [0.2, 0.25) is 0 Å². The van der Waals surface area contributed by atoms with Crippen LogP contribution in [-0.4, -0.2) is 78.5 Å². The van der Waals surface area contributed by atoms with Crippen molar-refractivity contribution in [2.45, 2.75) is 110 Å². The molecule has 1 aliphatic heterocycles. The predicted octanol–water partition coefficient (Wildman–Crippen LogP) is 4.53. The fourth-order valence-corrected chi connectivity index (χ4v) is 10.8. The highest BCUT2D eigenvalue weighted by Gasteiger charge is 2.85. The van der Waals surface area contributed by atoms with Crippen LogP contribution in [0.4, 0.5) is 0 Å². The normalized spacial score (nSPS) is 30.6. The van der Waals surface area contributed by atoms with E-state index in [9.17, 15) is 27.6 Å². The molecule has 264 valence electrons. The largest absolute Gasteiger partial charge is 0.447 e. The third-order valence-corrected chi connectivity index (χ3v) is 14.9. The topological polar surface area (TPSA) is 147 Å². The average molecular weight is 685 g/mol. The number of hydrogen-bond donors (Lipinski definition) is 1. The second-order valence-corrected chi connectivity index (χ2v) is 19.2. The molecule has 1 aromatic rings. The fraction of sp³-hybridized carbons (Fsp3) is 0.750. The van der Waals surface area contributed by atoms with Gasteiger partial charge in [-0.3, -0.25) is 23.9 Å². The first-order chi connectivity index (χ1) is 22.2. The van der Waals surface area contributed by atoms with Crippen molar-refractivity contribution in [1.29, 1.82) is 0 Å². The first kappa shape index (κ1) is 35.0. The number of hydrogen-bond acceptors (Lipinski definition) is 9. The van der Waals surface area contributed by atoms with Crippen molar-refractivity contribution in [2.24, 2.45) is 38.9 Å². The number of aromatic nitrogens is 1. The summed E-state index contributed by atoms with van der Waals surface area (Å²) in [7, 11) is -0.0468. The number of carbonyl (C=O) groups excluding carboxylic acids is 4. The van der Waals surface area contributed by atoms with E-state index in [4.69, 9.17) is 4.42 Å². The minimum atomic E-state index is -3.80. The third kappa shape index (κ3) is 5.40. The zero-order valence-electron chi connectivity index (χ0n) is 29.6. The molecule has 5 fully saturated rings. The van der Waals surface area contributed by atoms with Crippen LogP contribution in [0, 0.1) is 38.9 Å². The van der Waals surface area contributed by atoms with Gasteiger partial charge in [0.25, 0.3) is 0 Å². The second kappa shape index (κ2) is 11.3. The van der Waals surface area contributed by atoms with Gasteiger partial charge in [0.1, 0.15) is 12.0 Å². The molecule has 4 saturated carbocycles. The highest BCUT2D eigenvalue weighted by molar-refractivity contribution is 7.90. The number of sulfonamides is 1. The van der Waals surface area contributed by atoms with Crippen LogP contribution >= 0.6 is 0 Å². The van der Waals surface area contributed by atoms with E-state index in [0.29, 0.717) is 44.7 Å². The van der Waals surface area contributed by atoms with Gasteiger partial charge in [0.15, 0.2) is 11.6 Å². The predicted molar refractivity (Wildman–Crippen MR) is 179 cm³/mol. The molecule has 6 rings (SSSR count). The standard InChI is InChI=1S/C36H52N4O7S/c1-9-22-16-34(22,31(44)38-48(45,46)23-11-12-23)18-28(42)26-17-36(33(5,6)35(36)13-10-14-35)21-40(26)30(43)24(32(2,3)4)15-27(41)25-20-47-29(37-25)19-39(7)8/h9,20,22-24,26H,1,10-19,21H2,2-8H3,(H,38,44)/t22-,24-,26+,34-,36-/m1/s1. The highest BCUT2D eigenvalue weighted by atomic mass is 32.2. The summed E-state index contributed by atoms with van der Waals surface area (Å²) in [6.45, 7) is 15.0. The Morgan fingerprint density at radius 2 is 1.81 bits per heavy atom. The Morgan fingerprint density at radius 3 is 2.31 bits per heavy atom. The number of amides is 2. The number of ketones is 2. The summed E-state index contributed by atoms with van der Waals surface area (Å²) >= 11 is 0. The summed E-state index contributed by atoms with van der Waals surface area (Å²) in [5.74, 6) is -2.07. The fourth-order valence-electron chi connectivity index (χ4n) is 9.46. The minimum Gasteiger partial charge on any atom is -0.447 e. The molecule has 5 atom stereocenters. The molecule has 0 radical (unpaired) electrons. The lowest BCUT2D eigenvalue weighted by molar-refractivity contribution is -0.144. The molecule has 48 heavy (non-hydrogen) atoms. The SMILES string of the molecule is C=C[C@@H]1C[C@]1(CC(=O)[C@@H]1C[C@@]2(CN1C(=O)[C@@H](CC(=O)c1coc(CN(C)C)n1)C(C)(C)C)C(C)(C)C21CCC1)C(=O)NS(=O)(=O)C1CC1. The van der Waals surface area contributed by atoms with Gasteiger partial charge in [-0.1, -0.05) is 47.1 Å². The molecule has 5 aliphatic rings. The average Bonchev–Trinajstić information content (AvgIpc) is 3.89. The van der Waals surface area contributed by atoms with Crippen LogP contribution < -0.4 is 4.72 Å². The molecular formula is C36H52N4O7S. The van der Waals surface area contributed by atoms with Gasteiger partial charge in [-0.25, -0.2) is 13.4 Å². The van der Waals surface area contributed by atoms with Crippen molar-refractivity contribution >= 4 is 33.4 Å². The number of oxazole rings is 1. The lowest BCUT2D eigenvalue weighted by atomic mass is 9.73. The zero-order valence-corrected chi connectivity index (χ0v) is 30.4. The van der Waals surface area contributed by atoms with Gasteiger partial charge in [-0.2, -0.15) is 0 Å². The summed E-state index contributed by atoms with van der Waals surface area (Å²) < 4.78 is 33.2. The van der Waals surface area contributed by atoms with Crippen LogP contribution in [0.1, 0.15) is 109 Å². The number of likely N-dealkylation sites (tertiary alicyclic amines) is 1. The number of nitrogens with zero attached hydrogens (tertiary/aromatic N) is 3. The summed E-state index contributed by atoms with van der Waals surface area (Å²) in [6.07, 6.45) is 7.81. The third-order valence-electron chi connectivity index (χ3n) is 13.0. The molecule has 4 aliphatic carbocycles. The second-order valence-electron chi connectivity index (χ2n) is 17.3. The summed E-state index contributed by atoms with van der Waals surface area (Å²) in [4.78, 5) is 64.3. The van der Waals surface area contributed by atoms with E-state index in [1.54, 1.807) is 11.0 Å². The Bertz CT molecular complexity index is 1650. The molecule has 1 N–H and O–H groups in total. The van der Waals surface area contributed by atoms with E-state index in [0.717, 1.165) is 19.3 Å². The first-order valence-electron chi connectivity index (χ1n) is 17.4. The molecule has 1 saturated heterocycles. The number of carbonyl (C=O) groups is 4. The first-order valence-corrected chi connectivity index (χ1v) is 18.9. The molecule has 2 amide bonds. The van der Waals surface area contributed by atoms with Crippen LogP contribution in [-0.2, 0) is 31.0 Å². The Morgan fingerprint density at radius 1 is 1.15 bits per heavy atom.